The van der Waals surface area contributed by atoms with Gasteiger partial charge in [-0.25, -0.2) is 0 Å². The Morgan fingerprint density at radius 2 is 2.29 bits per heavy atom. The molecule has 1 N–H and O–H groups in total. The van der Waals surface area contributed by atoms with E-state index in [4.69, 9.17) is 5.11 Å². The molecule has 1 aromatic rings. The maximum Gasteiger partial charge on any atom is 0.323 e. The van der Waals surface area contributed by atoms with Gasteiger partial charge in [0.2, 0.25) is 0 Å². The lowest BCUT2D eigenvalue weighted by molar-refractivity contribution is -0.137. The Kier molecular flexibility index (Phi) is 3.19. The van der Waals surface area contributed by atoms with Gasteiger partial charge in [0.15, 0.2) is 0 Å². The molecule has 2 rings (SSSR count). The minimum absolute atomic E-state index is 0.152. The van der Waals surface area contributed by atoms with E-state index in [2.05, 4.69) is 15.9 Å². The third-order valence-electron chi connectivity index (χ3n) is 2.88. The highest BCUT2D eigenvalue weighted by molar-refractivity contribution is 9.10. The van der Waals surface area contributed by atoms with E-state index < -0.39 is 5.97 Å². The Morgan fingerprint density at radius 3 is 2.94 bits per heavy atom. The Morgan fingerprint density at radius 1 is 1.59 bits per heavy atom. The Balaban J connectivity index is 2.37. The molecule has 0 saturated carbocycles. The van der Waals surface area contributed by atoms with Gasteiger partial charge in [0.05, 0.1) is 0 Å². The van der Waals surface area contributed by atoms with Crippen molar-refractivity contribution in [1.29, 1.82) is 0 Å². The van der Waals surface area contributed by atoms with Crippen LogP contribution in [0.4, 0.5) is 0 Å². The predicted molar refractivity (Wildman–Crippen MR) is 66.1 cm³/mol. The standard InChI is InChI=1S/C12H12BrNO3/c1-7-5-14(6-11(15)16)12(17)9-3-2-8(13)4-10(7)9/h2-4,7H,5-6H2,1H3,(H,15,16). The van der Waals surface area contributed by atoms with Crippen molar-refractivity contribution in [3.05, 3.63) is 33.8 Å². The third-order valence-corrected chi connectivity index (χ3v) is 3.38. The molecule has 1 unspecified atom stereocenters. The van der Waals surface area contributed by atoms with Gasteiger partial charge >= 0.3 is 5.97 Å². The largest absolute Gasteiger partial charge is 0.480 e. The molecule has 17 heavy (non-hydrogen) atoms. The number of hydrogen-bond acceptors (Lipinski definition) is 2. The number of hydrogen-bond donors (Lipinski definition) is 1. The SMILES string of the molecule is CC1CN(CC(=O)O)C(=O)c2ccc(Br)cc21. The normalized spacial score (nSPS) is 19.1. The molecule has 1 aliphatic rings. The molecule has 1 aromatic carbocycles. The average molecular weight is 298 g/mol. The number of fused-ring (bicyclic) bond motifs is 1. The summed E-state index contributed by atoms with van der Waals surface area (Å²) in [5, 5.41) is 8.76. The van der Waals surface area contributed by atoms with E-state index in [1.165, 1.54) is 4.90 Å². The molecule has 0 radical (unpaired) electrons. The minimum Gasteiger partial charge on any atom is -0.480 e. The van der Waals surface area contributed by atoms with E-state index >= 15 is 0 Å². The molecule has 1 aliphatic heterocycles. The van der Waals surface area contributed by atoms with E-state index in [9.17, 15) is 9.59 Å². The second-order valence-corrected chi connectivity index (χ2v) is 5.13. The van der Waals surface area contributed by atoms with Gasteiger partial charge in [-0.2, -0.15) is 0 Å². The van der Waals surface area contributed by atoms with Crippen LogP contribution in [-0.4, -0.2) is 35.0 Å². The maximum absolute atomic E-state index is 12.1. The summed E-state index contributed by atoms with van der Waals surface area (Å²) in [7, 11) is 0. The highest BCUT2D eigenvalue weighted by Crippen LogP contribution is 2.30. The number of halogens is 1. The molecule has 1 atom stereocenters. The zero-order valence-electron chi connectivity index (χ0n) is 9.31. The first-order chi connectivity index (χ1) is 7.99. The number of carboxylic acid groups (broad SMARTS) is 1. The zero-order valence-corrected chi connectivity index (χ0v) is 10.9. The monoisotopic (exact) mass is 297 g/mol. The number of carboxylic acids is 1. The molecule has 1 amide bonds. The van der Waals surface area contributed by atoms with Gasteiger partial charge in [0.1, 0.15) is 6.54 Å². The summed E-state index contributed by atoms with van der Waals surface area (Å²) in [5.74, 6) is -1.03. The summed E-state index contributed by atoms with van der Waals surface area (Å²) in [6.07, 6.45) is 0. The van der Waals surface area contributed by atoms with Crippen LogP contribution in [0.25, 0.3) is 0 Å². The van der Waals surface area contributed by atoms with Gasteiger partial charge < -0.3 is 10.0 Å². The summed E-state index contributed by atoms with van der Waals surface area (Å²) in [6, 6.07) is 5.47. The van der Waals surface area contributed by atoms with Crippen LogP contribution in [0.15, 0.2) is 22.7 Å². The fourth-order valence-electron chi connectivity index (χ4n) is 2.12. The zero-order chi connectivity index (χ0) is 12.6. The van der Waals surface area contributed by atoms with Gasteiger partial charge in [0, 0.05) is 16.6 Å². The molecule has 90 valence electrons. The molecule has 0 aliphatic carbocycles. The summed E-state index contributed by atoms with van der Waals surface area (Å²) in [6.45, 7) is 2.21. The Labute approximate surface area is 107 Å². The first-order valence-corrected chi connectivity index (χ1v) is 6.09. The van der Waals surface area contributed by atoms with Gasteiger partial charge in [-0.1, -0.05) is 22.9 Å². The highest BCUT2D eigenvalue weighted by Gasteiger charge is 2.29. The van der Waals surface area contributed by atoms with Crippen molar-refractivity contribution >= 4 is 27.8 Å². The molecular formula is C12H12BrNO3. The Hall–Kier alpha value is -1.36. The van der Waals surface area contributed by atoms with Crippen molar-refractivity contribution < 1.29 is 14.7 Å². The van der Waals surface area contributed by atoms with E-state index in [0.717, 1.165) is 10.0 Å². The topological polar surface area (TPSA) is 57.6 Å². The van der Waals surface area contributed by atoms with Crippen LogP contribution in [0.5, 0.6) is 0 Å². The molecule has 0 fully saturated rings. The van der Waals surface area contributed by atoms with Gasteiger partial charge in [-0.05, 0) is 29.7 Å². The fourth-order valence-corrected chi connectivity index (χ4v) is 2.50. The fraction of sp³-hybridized carbons (Fsp3) is 0.333. The molecule has 0 bridgehead atoms. The molecule has 0 aromatic heterocycles. The lowest BCUT2D eigenvalue weighted by Crippen LogP contribution is -2.42. The van der Waals surface area contributed by atoms with Crippen LogP contribution in [-0.2, 0) is 4.79 Å². The highest BCUT2D eigenvalue weighted by atomic mass is 79.9. The second-order valence-electron chi connectivity index (χ2n) is 4.21. The van der Waals surface area contributed by atoms with Crippen molar-refractivity contribution in [1.82, 2.24) is 4.90 Å². The van der Waals surface area contributed by atoms with E-state index in [-0.39, 0.29) is 18.4 Å². The van der Waals surface area contributed by atoms with Crippen LogP contribution in [0, 0.1) is 0 Å². The van der Waals surface area contributed by atoms with Crippen LogP contribution in [0.2, 0.25) is 0 Å². The lowest BCUT2D eigenvalue weighted by atomic mass is 9.91. The third kappa shape index (κ3) is 2.34. The number of benzene rings is 1. The number of amides is 1. The van der Waals surface area contributed by atoms with E-state index in [1.54, 1.807) is 12.1 Å². The summed E-state index contributed by atoms with van der Waals surface area (Å²) < 4.78 is 0.933. The van der Waals surface area contributed by atoms with Crippen molar-refractivity contribution in [2.45, 2.75) is 12.8 Å². The second kappa shape index (κ2) is 4.49. The van der Waals surface area contributed by atoms with Crippen LogP contribution < -0.4 is 0 Å². The van der Waals surface area contributed by atoms with Crippen LogP contribution in [0.3, 0.4) is 0 Å². The van der Waals surface area contributed by atoms with Gasteiger partial charge in [-0.15, -0.1) is 0 Å². The number of carbonyl (C=O) groups is 2. The number of carbonyl (C=O) groups excluding carboxylic acids is 1. The van der Waals surface area contributed by atoms with Crippen molar-refractivity contribution in [2.24, 2.45) is 0 Å². The first kappa shape index (κ1) is 12.1. The average Bonchev–Trinajstić information content (AvgIpc) is 2.25. The van der Waals surface area contributed by atoms with Crippen molar-refractivity contribution in [3.63, 3.8) is 0 Å². The van der Waals surface area contributed by atoms with Gasteiger partial charge in [-0.3, -0.25) is 9.59 Å². The molecule has 1 heterocycles. The minimum atomic E-state index is -0.980. The summed E-state index contributed by atoms with van der Waals surface area (Å²) in [4.78, 5) is 24.1. The van der Waals surface area contributed by atoms with Gasteiger partial charge in [0.25, 0.3) is 5.91 Å². The van der Waals surface area contributed by atoms with E-state index in [1.807, 2.05) is 13.0 Å². The number of rotatable bonds is 2. The summed E-state index contributed by atoms with van der Waals surface area (Å²) in [5.41, 5.74) is 1.58. The molecule has 0 saturated heterocycles. The summed E-state index contributed by atoms with van der Waals surface area (Å²) >= 11 is 3.37. The van der Waals surface area contributed by atoms with Crippen LogP contribution >= 0.6 is 15.9 Å². The number of aliphatic carboxylic acids is 1. The predicted octanol–water partition coefficient (Wildman–Crippen LogP) is 2.09. The molecular weight excluding hydrogens is 286 g/mol. The molecule has 4 nitrogen and oxygen atoms in total. The van der Waals surface area contributed by atoms with Crippen LogP contribution in [0.1, 0.15) is 28.8 Å². The van der Waals surface area contributed by atoms with Crippen molar-refractivity contribution in [2.75, 3.05) is 13.1 Å². The molecule has 5 heteroatoms. The smallest absolute Gasteiger partial charge is 0.323 e. The maximum atomic E-state index is 12.1. The molecule has 0 spiro atoms. The first-order valence-electron chi connectivity index (χ1n) is 5.29. The van der Waals surface area contributed by atoms with E-state index in [0.29, 0.717) is 12.1 Å². The lowest BCUT2D eigenvalue weighted by Gasteiger charge is -2.31. The Bertz CT molecular complexity index is 487. The number of nitrogens with zero attached hydrogens (tertiary/aromatic N) is 1. The van der Waals surface area contributed by atoms with Crippen molar-refractivity contribution in [3.8, 4) is 0 Å². The quantitative estimate of drug-likeness (QED) is 0.909.